The van der Waals surface area contributed by atoms with Crippen molar-refractivity contribution < 1.29 is 19.6 Å². The number of hydrogen-bond acceptors (Lipinski definition) is 4. The van der Waals surface area contributed by atoms with Gasteiger partial charge in [0.2, 0.25) is 5.75 Å². The fourth-order valence-electron chi connectivity index (χ4n) is 1.04. The van der Waals surface area contributed by atoms with E-state index in [0.29, 0.717) is 5.56 Å². The Kier molecular flexibility index (Phi) is 2.66. The molecule has 0 radical (unpaired) electrons. The summed E-state index contributed by atoms with van der Waals surface area (Å²) in [7, 11) is 0. The fraction of sp³-hybridized carbons (Fsp3) is 0.125. The number of benzene rings is 1. The average Bonchev–Trinajstić information content (AvgIpc) is 2.01. The van der Waals surface area contributed by atoms with Crippen LogP contribution in [-0.4, -0.2) is 16.2 Å². The van der Waals surface area contributed by atoms with Crippen molar-refractivity contribution in [2.75, 3.05) is 0 Å². The van der Waals surface area contributed by atoms with Crippen molar-refractivity contribution in [1.82, 2.24) is 0 Å². The van der Waals surface area contributed by atoms with E-state index in [0.717, 1.165) is 0 Å². The molecule has 1 N–H and O–H groups in total. The van der Waals surface area contributed by atoms with Gasteiger partial charge in [0.15, 0.2) is 0 Å². The molecule has 6 heteroatoms. The Labute approximate surface area is 78.9 Å². The van der Waals surface area contributed by atoms with Gasteiger partial charge in [-0.2, -0.15) is 0 Å². The van der Waals surface area contributed by atoms with Gasteiger partial charge in [0.1, 0.15) is 0 Å². The van der Waals surface area contributed by atoms with Crippen molar-refractivity contribution in [3.8, 4) is 5.75 Å². The van der Waals surface area contributed by atoms with Crippen LogP contribution in [0.5, 0.6) is 5.75 Å². The molecule has 0 saturated carbocycles. The Hall–Kier alpha value is -2.11. The number of nitrogens with zero attached hydrogens (tertiary/aromatic N) is 1. The van der Waals surface area contributed by atoms with E-state index in [1.807, 2.05) is 0 Å². The van der Waals surface area contributed by atoms with Gasteiger partial charge in [0.25, 0.3) is 0 Å². The van der Waals surface area contributed by atoms with E-state index in [-0.39, 0.29) is 11.4 Å². The van der Waals surface area contributed by atoms with Crippen LogP contribution in [0.15, 0.2) is 18.2 Å². The molecule has 0 heterocycles. The van der Waals surface area contributed by atoms with Crippen LogP contribution in [-0.2, 0) is 0 Å². The Morgan fingerprint density at radius 1 is 1.57 bits per heavy atom. The van der Waals surface area contributed by atoms with Crippen molar-refractivity contribution in [1.29, 1.82) is 0 Å². The lowest BCUT2D eigenvalue weighted by Crippen LogP contribution is -2.05. The number of nitro benzene ring substituents is 1. The van der Waals surface area contributed by atoms with Crippen molar-refractivity contribution >= 4 is 11.8 Å². The molecule has 0 bridgehead atoms. The van der Waals surface area contributed by atoms with Crippen LogP contribution in [0.2, 0.25) is 0 Å². The largest absolute Gasteiger partial charge is 0.511 e. The van der Waals surface area contributed by atoms with E-state index in [1.165, 1.54) is 25.1 Å². The van der Waals surface area contributed by atoms with Crippen LogP contribution >= 0.6 is 0 Å². The number of carbonyl (C=O) groups is 1. The molecule has 0 amide bonds. The molecule has 74 valence electrons. The van der Waals surface area contributed by atoms with Crippen LogP contribution in [0, 0.1) is 17.0 Å². The molecule has 0 aliphatic carbocycles. The number of nitro groups is 1. The van der Waals surface area contributed by atoms with Crippen molar-refractivity contribution in [2.24, 2.45) is 0 Å². The predicted octanol–water partition coefficient (Wildman–Crippen LogP) is 1.96. The van der Waals surface area contributed by atoms with Crippen LogP contribution < -0.4 is 4.74 Å². The van der Waals surface area contributed by atoms with Gasteiger partial charge >= 0.3 is 11.8 Å². The van der Waals surface area contributed by atoms with Crippen LogP contribution in [0.25, 0.3) is 0 Å². The summed E-state index contributed by atoms with van der Waals surface area (Å²) in [5.41, 5.74) is 0.0312. The zero-order valence-electron chi connectivity index (χ0n) is 7.26. The Balaban J connectivity index is 3.21. The molecule has 0 aliphatic heterocycles. The molecule has 0 unspecified atom stereocenters. The first-order valence-electron chi connectivity index (χ1n) is 3.67. The van der Waals surface area contributed by atoms with Crippen LogP contribution in [0.4, 0.5) is 10.5 Å². The third-order valence-electron chi connectivity index (χ3n) is 1.58. The van der Waals surface area contributed by atoms with E-state index < -0.39 is 11.1 Å². The van der Waals surface area contributed by atoms with Crippen molar-refractivity contribution in [3.05, 3.63) is 33.9 Å². The third kappa shape index (κ3) is 1.98. The maximum atomic E-state index is 10.6. The van der Waals surface area contributed by atoms with E-state index in [4.69, 9.17) is 5.11 Å². The highest BCUT2D eigenvalue weighted by molar-refractivity contribution is 5.65. The summed E-state index contributed by atoms with van der Waals surface area (Å²) in [4.78, 5) is 20.1. The van der Waals surface area contributed by atoms with Gasteiger partial charge in [-0.05, 0) is 13.0 Å². The van der Waals surface area contributed by atoms with Gasteiger partial charge < -0.3 is 9.84 Å². The van der Waals surface area contributed by atoms with Crippen LogP contribution in [0.1, 0.15) is 5.56 Å². The number of carboxylic acid groups (broad SMARTS) is 1. The summed E-state index contributed by atoms with van der Waals surface area (Å²) >= 11 is 0. The fourth-order valence-corrected chi connectivity index (χ4v) is 1.04. The van der Waals surface area contributed by atoms with Gasteiger partial charge in [-0.15, -0.1) is 0 Å². The molecule has 0 aliphatic rings. The highest BCUT2D eigenvalue weighted by Gasteiger charge is 2.19. The maximum absolute atomic E-state index is 10.6. The van der Waals surface area contributed by atoms with Gasteiger partial charge in [0.05, 0.1) is 4.92 Å². The van der Waals surface area contributed by atoms with Gasteiger partial charge in [0, 0.05) is 5.56 Å². The zero-order chi connectivity index (χ0) is 10.7. The van der Waals surface area contributed by atoms with E-state index in [2.05, 4.69) is 4.74 Å². The standard InChI is InChI=1S/C8H7NO5/c1-5-3-2-4-6(14-8(10)11)7(5)9(12)13/h2-4H,1H3,(H,10,11). The summed E-state index contributed by atoms with van der Waals surface area (Å²) in [5.74, 6) is -0.262. The van der Waals surface area contributed by atoms with Gasteiger partial charge in [-0.3, -0.25) is 10.1 Å². The first-order valence-corrected chi connectivity index (χ1v) is 3.67. The molecule has 6 nitrogen and oxygen atoms in total. The second kappa shape index (κ2) is 3.73. The number of rotatable bonds is 2. The lowest BCUT2D eigenvalue weighted by Gasteiger charge is -2.02. The number of aryl methyl sites for hydroxylation is 1. The predicted molar refractivity (Wildman–Crippen MR) is 46.5 cm³/mol. The minimum absolute atomic E-state index is 0.262. The minimum Gasteiger partial charge on any atom is -0.449 e. The SMILES string of the molecule is Cc1cccc(OC(=O)O)c1[N+](=O)[O-]. The number of hydrogen-bond donors (Lipinski definition) is 1. The summed E-state index contributed by atoms with van der Waals surface area (Å²) in [5, 5.41) is 18.9. The zero-order valence-corrected chi connectivity index (χ0v) is 7.26. The lowest BCUT2D eigenvalue weighted by atomic mass is 10.2. The molecule has 0 fully saturated rings. The first-order chi connectivity index (χ1) is 6.52. The normalized spacial score (nSPS) is 9.50. The monoisotopic (exact) mass is 197 g/mol. The molecular formula is C8H7NO5. The Bertz CT molecular complexity index is 387. The van der Waals surface area contributed by atoms with Crippen LogP contribution in [0.3, 0.4) is 0 Å². The van der Waals surface area contributed by atoms with Crippen molar-refractivity contribution in [3.63, 3.8) is 0 Å². The first kappa shape index (κ1) is 9.97. The summed E-state index contributed by atoms with van der Waals surface area (Å²) in [6, 6.07) is 4.23. The molecule has 1 rings (SSSR count). The Morgan fingerprint density at radius 3 is 2.71 bits per heavy atom. The molecule has 0 aromatic heterocycles. The second-order valence-electron chi connectivity index (χ2n) is 2.55. The summed E-state index contributed by atoms with van der Waals surface area (Å²) in [6.07, 6.45) is -1.57. The molecule has 14 heavy (non-hydrogen) atoms. The van der Waals surface area contributed by atoms with Crippen molar-refractivity contribution in [2.45, 2.75) is 6.92 Å². The third-order valence-corrected chi connectivity index (χ3v) is 1.58. The molecule has 1 aromatic rings. The lowest BCUT2D eigenvalue weighted by molar-refractivity contribution is -0.386. The molecule has 0 atom stereocenters. The summed E-state index contributed by atoms with van der Waals surface area (Å²) < 4.78 is 4.26. The molecular weight excluding hydrogens is 190 g/mol. The second-order valence-corrected chi connectivity index (χ2v) is 2.55. The molecule has 0 saturated heterocycles. The van der Waals surface area contributed by atoms with E-state index in [9.17, 15) is 14.9 Å². The van der Waals surface area contributed by atoms with Gasteiger partial charge in [-0.25, -0.2) is 4.79 Å². The minimum atomic E-state index is -1.57. The summed E-state index contributed by atoms with van der Waals surface area (Å²) in [6.45, 7) is 1.51. The highest BCUT2D eigenvalue weighted by atomic mass is 16.7. The van der Waals surface area contributed by atoms with E-state index >= 15 is 0 Å². The average molecular weight is 197 g/mol. The molecule has 1 aromatic carbocycles. The topological polar surface area (TPSA) is 89.7 Å². The number of para-hydroxylation sites is 1. The highest BCUT2D eigenvalue weighted by Crippen LogP contribution is 2.29. The quantitative estimate of drug-likeness (QED) is 0.338. The smallest absolute Gasteiger partial charge is 0.449 e. The maximum Gasteiger partial charge on any atom is 0.511 e. The number of ether oxygens (including phenoxy) is 1. The molecule has 0 spiro atoms. The Morgan fingerprint density at radius 2 is 2.21 bits per heavy atom. The van der Waals surface area contributed by atoms with E-state index in [1.54, 1.807) is 0 Å². The van der Waals surface area contributed by atoms with Gasteiger partial charge in [-0.1, -0.05) is 12.1 Å².